The maximum Gasteiger partial charge on any atom is 0.122 e. The summed E-state index contributed by atoms with van der Waals surface area (Å²) >= 11 is 12.2. The van der Waals surface area contributed by atoms with Gasteiger partial charge in [0.25, 0.3) is 0 Å². The van der Waals surface area contributed by atoms with Crippen LogP contribution in [0.1, 0.15) is 17.0 Å². The van der Waals surface area contributed by atoms with E-state index in [1.807, 2.05) is 30.3 Å². The van der Waals surface area contributed by atoms with Crippen LogP contribution in [0.5, 0.6) is 5.75 Å². The Balaban J connectivity index is 1.83. The average Bonchev–Trinajstić information content (AvgIpc) is 2.91. The van der Waals surface area contributed by atoms with Gasteiger partial charge >= 0.3 is 0 Å². The zero-order valence-electron chi connectivity index (χ0n) is 11.4. The molecule has 1 aliphatic rings. The summed E-state index contributed by atoms with van der Waals surface area (Å²) in [5.74, 6) is 6.90. The number of benzene rings is 2. The van der Waals surface area contributed by atoms with Crippen molar-refractivity contribution in [1.29, 1.82) is 0 Å². The monoisotopic (exact) mass is 322 g/mol. The largest absolute Gasteiger partial charge is 0.493 e. The molecule has 3 N–H and O–H groups in total. The molecule has 0 saturated heterocycles. The van der Waals surface area contributed by atoms with Crippen molar-refractivity contribution in [3.63, 3.8) is 0 Å². The Labute approximate surface area is 134 Å². The number of hydrogen-bond donors (Lipinski definition) is 2. The molecule has 3 rings (SSSR count). The molecular weight excluding hydrogens is 307 g/mol. The predicted octanol–water partition coefficient (Wildman–Crippen LogP) is 3.54. The molecule has 0 amide bonds. The highest BCUT2D eigenvalue weighted by molar-refractivity contribution is 6.35. The Morgan fingerprint density at radius 1 is 1.24 bits per heavy atom. The fourth-order valence-electron chi connectivity index (χ4n) is 2.76. The molecule has 5 heteroatoms. The van der Waals surface area contributed by atoms with E-state index >= 15 is 0 Å². The molecule has 0 fully saturated rings. The first-order valence-electron chi connectivity index (χ1n) is 6.81. The van der Waals surface area contributed by atoms with Gasteiger partial charge in [0.15, 0.2) is 0 Å². The Morgan fingerprint density at radius 2 is 2.05 bits per heavy atom. The quantitative estimate of drug-likeness (QED) is 0.668. The van der Waals surface area contributed by atoms with Crippen LogP contribution in [-0.4, -0.2) is 12.6 Å². The zero-order valence-corrected chi connectivity index (χ0v) is 12.9. The molecule has 0 aromatic heterocycles. The lowest BCUT2D eigenvalue weighted by atomic mass is 9.89. The highest BCUT2D eigenvalue weighted by Gasteiger charge is 2.31. The molecule has 0 radical (unpaired) electrons. The number of para-hydroxylation sites is 1. The van der Waals surface area contributed by atoms with E-state index in [0.29, 0.717) is 16.7 Å². The second kappa shape index (κ2) is 6.24. The van der Waals surface area contributed by atoms with Gasteiger partial charge < -0.3 is 4.74 Å². The van der Waals surface area contributed by atoms with Crippen LogP contribution < -0.4 is 16.0 Å². The van der Waals surface area contributed by atoms with Gasteiger partial charge in [-0.05, 0) is 30.2 Å². The smallest absolute Gasteiger partial charge is 0.122 e. The highest BCUT2D eigenvalue weighted by Crippen LogP contribution is 2.36. The maximum absolute atomic E-state index is 6.25. The number of ether oxygens (including phenoxy) is 1. The summed E-state index contributed by atoms with van der Waals surface area (Å²) in [5.41, 5.74) is 5.11. The zero-order chi connectivity index (χ0) is 14.8. The van der Waals surface area contributed by atoms with Crippen LogP contribution in [0.2, 0.25) is 10.0 Å². The number of nitrogens with two attached hydrogens (primary N) is 1. The van der Waals surface area contributed by atoms with Gasteiger partial charge in [0.1, 0.15) is 5.75 Å². The minimum atomic E-state index is 0.0484. The number of hydrazine groups is 1. The van der Waals surface area contributed by atoms with Crippen molar-refractivity contribution in [3.05, 3.63) is 63.6 Å². The van der Waals surface area contributed by atoms with Crippen molar-refractivity contribution in [2.75, 3.05) is 6.61 Å². The van der Waals surface area contributed by atoms with Crippen molar-refractivity contribution < 1.29 is 4.74 Å². The van der Waals surface area contributed by atoms with E-state index in [0.717, 1.165) is 17.7 Å². The van der Waals surface area contributed by atoms with E-state index in [1.54, 1.807) is 6.07 Å². The van der Waals surface area contributed by atoms with Crippen LogP contribution in [-0.2, 0) is 6.42 Å². The maximum atomic E-state index is 6.25. The third kappa shape index (κ3) is 3.01. The van der Waals surface area contributed by atoms with Crippen molar-refractivity contribution in [1.82, 2.24) is 5.43 Å². The predicted molar refractivity (Wildman–Crippen MR) is 86.0 cm³/mol. The van der Waals surface area contributed by atoms with E-state index in [2.05, 4.69) is 11.5 Å². The summed E-state index contributed by atoms with van der Waals surface area (Å²) < 4.78 is 5.73. The molecule has 21 heavy (non-hydrogen) atoms. The van der Waals surface area contributed by atoms with E-state index in [4.69, 9.17) is 33.8 Å². The summed E-state index contributed by atoms with van der Waals surface area (Å²) in [4.78, 5) is 0. The third-order valence-electron chi connectivity index (χ3n) is 3.89. The van der Waals surface area contributed by atoms with Crippen LogP contribution in [0.4, 0.5) is 0 Å². The third-order valence-corrected chi connectivity index (χ3v) is 4.48. The summed E-state index contributed by atoms with van der Waals surface area (Å²) in [5, 5.41) is 1.30. The first-order valence-corrected chi connectivity index (χ1v) is 7.56. The van der Waals surface area contributed by atoms with Crippen molar-refractivity contribution in [3.8, 4) is 5.75 Å². The molecule has 0 saturated carbocycles. The first kappa shape index (κ1) is 14.7. The van der Waals surface area contributed by atoms with Crippen LogP contribution in [0.15, 0.2) is 42.5 Å². The molecule has 0 bridgehead atoms. The number of rotatable bonds is 4. The molecule has 1 heterocycles. The summed E-state index contributed by atoms with van der Waals surface area (Å²) in [6, 6.07) is 13.6. The van der Waals surface area contributed by atoms with Crippen LogP contribution >= 0.6 is 23.2 Å². The number of fused-ring (bicyclic) bond motifs is 1. The topological polar surface area (TPSA) is 47.3 Å². The Kier molecular flexibility index (Phi) is 4.36. The Hall–Kier alpha value is -1.26. The van der Waals surface area contributed by atoms with Crippen molar-refractivity contribution >= 4 is 23.2 Å². The second-order valence-corrected chi connectivity index (χ2v) is 6.01. The van der Waals surface area contributed by atoms with Gasteiger partial charge in [-0.15, -0.1) is 0 Å². The molecule has 1 aliphatic heterocycles. The lowest BCUT2D eigenvalue weighted by Crippen LogP contribution is -2.42. The summed E-state index contributed by atoms with van der Waals surface area (Å²) in [7, 11) is 0. The van der Waals surface area contributed by atoms with E-state index in [9.17, 15) is 0 Å². The van der Waals surface area contributed by atoms with Crippen LogP contribution in [0.25, 0.3) is 0 Å². The lowest BCUT2D eigenvalue weighted by molar-refractivity contribution is 0.297. The van der Waals surface area contributed by atoms with Gasteiger partial charge in [0.05, 0.1) is 6.61 Å². The fraction of sp³-hybridized carbons (Fsp3) is 0.250. The highest BCUT2D eigenvalue weighted by atomic mass is 35.5. The molecule has 3 nitrogen and oxygen atoms in total. The SMILES string of the molecule is NNC(Cc1ccc(Cl)cc1Cl)C1COc2ccccc21. The minimum absolute atomic E-state index is 0.0484. The Morgan fingerprint density at radius 3 is 2.81 bits per heavy atom. The van der Waals surface area contributed by atoms with Gasteiger partial charge in [-0.25, -0.2) is 0 Å². The normalized spacial score (nSPS) is 18.1. The summed E-state index contributed by atoms with van der Waals surface area (Å²) in [6.45, 7) is 0.624. The molecule has 2 aromatic carbocycles. The fourth-order valence-corrected chi connectivity index (χ4v) is 3.25. The van der Waals surface area contributed by atoms with Crippen LogP contribution in [0.3, 0.4) is 0 Å². The van der Waals surface area contributed by atoms with Crippen molar-refractivity contribution in [2.45, 2.75) is 18.4 Å². The van der Waals surface area contributed by atoms with Gasteiger partial charge in [-0.2, -0.15) is 0 Å². The molecule has 110 valence electrons. The minimum Gasteiger partial charge on any atom is -0.493 e. The molecule has 0 spiro atoms. The lowest BCUT2D eigenvalue weighted by Gasteiger charge is -2.22. The van der Waals surface area contributed by atoms with E-state index in [-0.39, 0.29) is 12.0 Å². The molecule has 0 aliphatic carbocycles. The second-order valence-electron chi connectivity index (χ2n) is 5.17. The standard InChI is InChI=1S/C16H16Cl2N2O/c17-11-6-5-10(14(18)8-11)7-15(20-19)13-9-21-16-4-2-1-3-12(13)16/h1-6,8,13,15,20H,7,9,19H2. The van der Waals surface area contributed by atoms with Gasteiger partial charge in [0.2, 0.25) is 0 Å². The van der Waals surface area contributed by atoms with E-state index < -0.39 is 0 Å². The molecule has 2 atom stereocenters. The first-order chi connectivity index (χ1) is 10.2. The number of nitrogens with one attached hydrogen (secondary N) is 1. The molecular formula is C16H16Cl2N2O. The van der Waals surface area contributed by atoms with Crippen molar-refractivity contribution in [2.24, 2.45) is 5.84 Å². The van der Waals surface area contributed by atoms with Gasteiger partial charge in [0, 0.05) is 27.6 Å². The van der Waals surface area contributed by atoms with Gasteiger partial charge in [-0.1, -0.05) is 47.5 Å². The van der Waals surface area contributed by atoms with Gasteiger partial charge in [-0.3, -0.25) is 11.3 Å². The number of hydrogen-bond acceptors (Lipinski definition) is 3. The average molecular weight is 323 g/mol. The number of halogens is 2. The Bertz CT molecular complexity index is 648. The van der Waals surface area contributed by atoms with E-state index in [1.165, 1.54) is 5.56 Å². The summed E-state index contributed by atoms with van der Waals surface area (Å²) in [6.07, 6.45) is 0.717. The van der Waals surface area contributed by atoms with Crippen LogP contribution in [0, 0.1) is 0 Å². The molecule has 2 aromatic rings. The molecule has 2 unspecified atom stereocenters.